The van der Waals surface area contributed by atoms with Crippen molar-refractivity contribution in [2.75, 3.05) is 0 Å². The van der Waals surface area contributed by atoms with Crippen molar-refractivity contribution in [3.63, 3.8) is 0 Å². The maximum atomic E-state index is 10.1. The van der Waals surface area contributed by atoms with Gasteiger partial charge in [0.25, 0.3) is 0 Å². The molecule has 0 saturated heterocycles. The molecule has 0 spiro atoms. The van der Waals surface area contributed by atoms with Crippen LogP contribution < -0.4 is 0 Å². The normalized spacial score (nSPS) is 16.5. The van der Waals surface area contributed by atoms with Crippen molar-refractivity contribution in [1.29, 1.82) is 0 Å². The second-order valence-electron chi connectivity index (χ2n) is 14.8. The molecule has 1 aliphatic carbocycles. The lowest BCUT2D eigenvalue weighted by Crippen LogP contribution is -2.28. The maximum absolute atomic E-state index is 10.1. The van der Waals surface area contributed by atoms with Crippen LogP contribution in [0.5, 0.6) is 0 Å². The van der Waals surface area contributed by atoms with Crippen molar-refractivity contribution in [2.24, 2.45) is 0 Å². The highest BCUT2D eigenvalue weighted by atomic mass is 16.3. The van der Waals surface area contributed by atoms with E-state index >= 15 is 0 Å². The molecular weight excluding hydrogens is 753 g/mol. The first-order valence-electron chi connectivity index (χ1n) is 28.2. The zero-order valence-corrected chi connectivity index (χ0v) is 32.4. The molecule has 9 aromatic carbocycles. The molecule has 0 bridgehead atoms. The standard InChI is InChI=1S/C59H38N2O/c1-4-16-39(17-5-1)43-34-44(42-30-33-57-51(37-42)50-24-12-15-27-56(50)62-57)36-45(35-43)55-38-54(60-58(61-55)41-18-6-2-7-19-41)40-28-31-47(32-29-40)59(46-20-8-3-9-21-46)52-25-13-10-22-48(52)49-23-11-14-26-53(49)59/h1-38H/i3D,8D,9D,10D,11D,13D,14D,20D,21D,22D,23D,25D,26D,28D,29D,31D,32D. The molecule has 0 unspecified atom stereocenters. The molecule has 290 valence electrons. The van der Waals surface area contributed by atoms with Gasteiger partial charge >= 0.3 is 0 Å². The lowest BCUT2D eigenvalue weighted by molar-refractivity contribution is 0.669. The molecule has 1 aliphatic rings. The predicted molar refractivity (Wildman–Crippen MR) is 254 cm³/mol. The first-order valence-corrected chi connectivity index (χ1v) is 19.7. The van der Waals surface area contributed by atoms with Crippen molar-refractivity contribution in [1.82, 2.24) is 9.97 Å². The van der Waals surface area contributed by atoms with Gasteiger partial charge in [-0.25, -0.2) is 9.97 Å². The van der Waals surface area contributed by atoms with Crippen molar-refractivity contribution < 1.29 is 27.7 Å². The summed E-state index contributed by atoms with van der Waals surface area (Å²) in [6, 6.07) is 24.5. The average Bonchev–Trinajstić information content (AvgIpc) is 2.25. The van der Waals surface area contributed by atoms with Gasteiger partial charge in [0.1, 0.15) is 11.2 Å². The van der Waals surface area contributed by atoms with Gasteiger partial charge in [-0.15, -0.1) is 0 Å². The molecular formula is C59H38N2O. The number of hydrogen-bond acceptors (Lipinski definition) is 3. The third-order valence-corrected chi connectivity index (χ3v) is 11.3. The number of rotatable bonds is 7. The van der Waals surface area contributed by atoms with Gasteiger partial charge in [-0.2, -0.15) is 0 Å². The minimum absolute atomic E-state index is 0.0988. The maximum Gasteiger partial charge on any atom is 0.160 e. The molecule has 0 aliphatic heterocycles. The molecule has 2 heterocycles. The fourth-order valence-electron chi connectivity index (χ4n) is 8.46. The molecule has 3 nitrogen and oxygen atoms in total. The molecule has 0 fully saturated rings. The molecule has 0 saturated carbocycles. The summed E-state index contributed by atoms with van der Waals surface area (Å²) in [6.07, 6.45) is 0. The summed E-state index contributed by atoms with van der Waals surface area (Å²) < 4.78 is 164. The number of aromatic nitrogens is 2. The summed E-state index contributed by atoms with van der Waals surface area (Å²) in [5.74, 6) is 0.133. The minimum atomic E-state index is -2.96. The van der Waals surface area contributed by atoms with Crippen molar-refractivity contribution >= 4 is 21.9 Å². The van der Waals surface area contributed by atoms with Gasteiger partial charge in [-0.3, -0.25) is 0 Å². The fraction of sp³-hybridized carbons (Fsp3) is 0.0169. The summed E-state index contributed by atoms with van der Waals surface area (Å²) in [5, 5.41) is 1.84. The van der Waals surface area contributed by atoms with Crippen LogP contribution in [0.3, 0.4) is 0 Å². The van der Waals surface area contributed by atoms with Crippen molar-refractivity contribution in [2.45, 2.75) is 5.41 Å². The van der Waals surface area contributed by atoms with Gasteiger partial charge in [-0.05, 0) is 98.1 Å². The summed E-state index contributed by atoms with van der Waals surface area (Å²) >= 11 is 0. The van der Waals surface area contributed by atoms with Crippen LogP contribution in [-0.2, 0) is 5.41 Å². The third-order valence-electron chi connectivity index (χ3n) is 11.3. The summed E-state index contributed by atoms with van der Waals surface area (Å²) in [7, 11) is 0. The third kappa shape index (κ3) is 5.82. The van der Waals surface area contributed by atoms with Crippen LogP contribution >= 0.6 is 0 Å². The zero-order valence-electron chi connectivity index (χ0n) is 49.4. The molecule has 11 aromatic rings. The molecule has 12 rings (SSSR count). The van der Waals surface area contributed by atoms with Crippen molar-refractivity contribution in [3.8, 4) is 67.3 Å². The Hall–Kier alpha value is -8.14. The van der Waals surface area contributed by atoms with Crippen LogP contribution in [0.4, 0.5) is 0 Å². The molecule has 0 N–H and O–H groups in total. The number of fused-ring (bicyclic) bond motifs is 6. The zero-order chi connectivity index (χ0) is 55.8. The number of para-hydroxylation sites is 1. The molecule has 3 heteroatoms. The quantitative estimate of drug-likeness (QED) is 0.161. The van der Waals surface area contributed by atoms with Crippen LogP contribution in [0.2, 0.25) is 0 Å². The predicted octanol–water partition coefficient (Wildman–Crippen LogP) is 15.1. The minimum Gasteiger partial charge on any atom is -0.456 e. The van der Waals surface area contributed by atoms with E-state index in [0.717, 1.165) is 38.6 Å². The van der Waals surface area contributed by atoms with E-state index in [0.29, 0.717) is 22.4 Å². The Morgan fingerprint density at radius 3 is 1.63 bits per heavy atom. The van der Waals surface area contributed by atoms with E-state index in [1.807, 2.05) is 78.9 Å². The lowest BCUT2D eigenvalue weighted by atomic mass is 9.67. The lowest BCUT2D eigenvalue weighted by Gasteiger charge is -2.34. The monoisotopic (exact) mass is 807 g/mol. The van der Waals surface area contributed by atoms with Crippen LogP contribution in [0, 0.1) is 0 Å². The molecule has 0 amide bonds. The SMILES string of the molecule is [2H]c1c([2H])c([2H])c(C2(c3c([2H])c([2H])c(-c4cc(-c5cc(-c6ccccc6)cc(-c6ccc7oc8ccccc8c7c6)c5)nc(-c5ccccc5)n4)c([2H])c3[2H])c3c([2H])c([2H])c([2H])c([2H])c3-c3c([2H])c([2H])c([2H])c([2H])c32)c([2H])c1[2H]. The van der Waals surface area contributed by atoms with E-state index in [1.54, 1.807) is 30.3 Å². The van der Waals surface area contributed by atoms with E-state index in [9.17, 15) is 13.7 Å². The summed E-state index contributed by atoms with van der Waals surface area (Å²) in [5.41, 5.74) is -1.28. The number of furan rings is 1. The average molecular weight is 808 g/mol. The second-order valence-corrected chi connectivity index (χ2v) is 14.8. The Bertz CT molecular complexity index is 4340. The van der Waals surface area contributed by atoms with Gasteiger partial charge in [0.15, 0.2) is 5.82 Å². The first-order chi connectivity index (χ1) is 37.8. The van der Waals surface area contributed by atoms with Crippen LogP contribution in [0.1, 0.15) is 45.6 Å². The van der Waals surface area contributed by atoms with Crippen LogP contribution in [-0.4, -0.2) is 9.97 Å². The van der Waals surface area contributed by atoms with E-state index in [4.69, 9.17) is 24.0 Å². The molecule has 2 aromatic heterocycles. The fourth-order valence-corrected chi connectivity index (χ4v) is 8.46. The van der Waals surface area contributed by atoms with Gasteiger partial charge in [0, 0.05) is 27.5 Å². The topological polar surface area (TPSA) is 38.9 Å². The number of benzene rings is 9. The van der Waals surface area contributed by atoms with Crippen molar-refractivity contribution in [3.05, 3.63) is 252 Å². The molecule has 0 radical (unpaired) electrons. The second kappa shape index (κ2) is 14.5. The highest BCUT2D eigenvalue weighted by Gasteiger charge is 2.45. The Labute approximate surface area is 384 Å². The Balaban J connectivity index is 1.17. The molecule has 0 atom stereocenters. The number of nitrogens with zero attached hydrogens (tertiary/aromatic N) is 2. The Kier molecular flexibility index (Phi) is 5.27. The summed E-state index contributed by atoms with van der Waals surface area (Å²) in [4.78, 5) is 9.96. The largest absolute Gasteiger partial charge is 0.456 e. The van der Waals surface area contributed by atoms with E-state index in [-0.39, 0.29) is 17.1 Å². The van der Waals surface area contributed by atoms with Gasteiger partial charge in [0.05, 0.1) is 40.1 Å². The van der Waals surface area contributed by atoms with Crippen LogP contribution in [0.25, 0.3) is 89.2 Å². The van der Waals surface area contributed by atoms with Gasteiger partial charge in [-0.1, -0.05) is 188 Å². The van der Waals surface area contributed by atoms with E-state index in [1.165, 1.54) is 6.07 Å². The Morgan fingerprint density at radius 2 is 0.919 bits per heavy atom. The smallest absolute Gasteiger partial charge is 0.160 e. The first kappa shape index (κ1) is 22.5. The number of hydrogen-bond donors (Lipinski definition) is 0. The van der Waals surface area contributed by atoms with Gasteiger partial charge < -0.3 is 4.42 Å². The summed E-state index contributed by atoms with van der Waals surface area (Å²) in [6.45, 7) is 0. The Morgan fingerprint density at radius 1 is 0.371 bits per heavy atom. The van der Waals surface area contributed by atoms with Gasteiger partial charge in [0.2, 0.25) is 0 Å². The highest BCUT2D eigenvalue weighted by Crippen LogP contribution is 2.56. The highest BCUT2D eigenvalue weighted by molar-refractivity contribution is 6.06. The van der Waals surface area contributed by atoms with Crippen LogP contribution in [0.15, 0.2) is 235 Å². The van der Waals surface area contributed by atoms with E-state index < -0.39 is 142 Å². The molecule has 62 heavy (non-hydrogen) atoms. The van der Waals surface area contributed by atoms with E-state index in [2.05, 4.69) is 12.1 Å².